The van der Waals surface area contributed by atoms with E-state index in [0.717, 1.165) is 29.1 Å². The third kappa shape index (κ3) is 3.87. The van der Waals surface area contributed by atoms with Gasteiger partial charge in [0.2, 0.25) is 0 Å². The first-order valence-electron chi connectivity index (χ1n) is 6.88. The van der Waals surface area contributed by atoms with E-state index in [4.69, 9.17) is 15.2 Å². The normalized spacial score (nSPS) is 14.7. The van der Waals surface area contributed by atoms with Crippen molar-refractivity contribution in [2.45, 2.75) is 20.4 Å². The van der Waals surface area contributed by atoms with Crippen LogP contribution >= 0.6 is 15.9 Å². The Morgan fingerprint density at radius 2 is 1.85 bits per heavy atom. The fourth-order valence-electron chi connectivity index (χ4n) is 2.37. The molecule has 0 aromatic heterocycles. The maximum atomic E-state index is 5.80. The molecule has 0 bridgehead atoms. The standard InChI is InChI=1S/C15H23BrN2O2/c1-15(2,9-17)10-18(3)8-11-6-13-14(7-12(11)16)20-5-4-19-13/h6-7H,4-5,8-10,17H2,1-3H3. The topological polar surface area (TPSA) is 47.7 Å². The van der Waals surface area contributed by atoms with E-state index in [1.165, 1.54) is 5.56 Å². The summed E-state index contributed by atoms with van der Waals surface area (Å²) in [5.74, 6) is 1.65. The van der Waals surface area contributed by atoms with Crippen LogP contribution in [0.3, 0.4) is 0 Å². The molecule has 2 rings (SSSR count). The first-order valence-corrected chi connectivity index (χ1v) is 7.67. The average Bonchev–Trinajstić information content (AvgIpc) is 2.39. The van der Waals surface area contributed by atoms with Crippen LogP contribution in [0.1, 0.15) is 19.4 Å². The van der Waals surface area contributed by atoms with Crippen LogP contribution in [0.4, 0.5) is 0 Å². The summed E-state index contributed by atoms with van der Waals surface area (Å²) < 4.78 is 12.3. The lowest BCUT2D eigenvalue weighted by molar-refractivity contribution is 0.170. The highest BCUT2D eigenvalue weighted by Crippen LogP contribution is 2.36. The van der Waals surface area contributed by atoms with Crippen molar-refractivity contribution in [2.24, 2.45) is 11.1 Å². The third-order valence-electron chi connectivity index (χ3n) is 3.40. The molecule has 1 aromatic rings. The number of ether oxygens (including phenoxy) is 2. The fraction of sp³-hybridized carbons (Fsp3) is 0.600. The summed E-state index contributed by atoms with van der Waals surface area (Å²) in [6, 6.07) is 4.05. The molecule has 20 heavy (non-hydrogen) atoms. The SMILES string of the molecule is CN(Cc1cc2c(cc1Br)OCCO2)CC(C)(C)CN. The summed E-state index contributed by atoms with van der Waals surface area (Å²) in [6.07, 6.45) is 0. The molecule has 2 N–H and O–H groups in total. The van der Waals surface area contributed by atoms with E-state index in [1.54, 1.807) is 0 Å². The van der Waals surface area contributed by atoms with Gasteiger partial charge in [-0.05, 0) is 36.7 Å². The molecule has 112 valence electrons. The number of nitrogens with zero attached hydrogens (tertiary/aromatic N) is 1. The molecule has 1 aromatic carbocycles. The van der Waals surface area contributed by atoms with Crippen LogP contribution in [0, 0.1) is 5.41 Å². The monoisotopic (exact) mass is 342 g/mol. The number of nitrogens with two attached hydrogens (primary N) is 1. The van der Waals surface area contributed by atoms with Gasteiger partial charge in [0.1, 0.15) is 13.2 Å². The maximum Gasteiger partial charge on any atom is 0.162 e. The summed E-state index contributed by atoms with van der Waals surface area (Å²) in [5, 5.41) is 0. The Bertz CT molecular complexity index is 477. The Labute approximate surface area is 129 Å². The molecule has 0 saturated heterocycles. The lowest BCUT2D eigenvalue weighted by atomic mass is 9.93. The molecule has 5 heteroatoms. The Morgan fingerprint density at radius 3 is 2.45 bits per heavy atom. The minimum absolute atomic E-state index is 0.120. The molecule has 0 amide bonds. The van der Waals surface area contributed by atoms with Crippen molar-refractivity contribution in [1.82, 2.24) is 4.90 Å². The minimum atomic E-state index is 0.120. The molecule has 1 heterocycles. The second kappa shape index (κ2) is 6.33. The minimum Gasteiger partial charge on any atom is -0.486 e. The first-order chi connectivity index (χ1) is 9.41. The van der Waals surface area contributed by atoms with E-state index < -0.39 is 0 Å². The Hall–Kier alpha value is -0.780. The number of fused-ring (bicyclic) bond motifs is 1. The van der Waals surface area contributed by atoms with Crippen molar-refractivity contribution in [2.75, 3.05) is 33.4 Å². The van der Waals surface area contributed by atoms with E-state index in [9.17, 15) is 0 Å². The highest BCUT2D eigenvalue weighted by atomic mass is 79.9. The van der Waals surface area contributed by atoms with Gasteiger partial charge in [0.25, 0.3) is 0 Å². The van der Waals surface area contributed by atoms with E-state index >= 15 is 0 Å². The highest BCUT2D eigenvalue weighted by molar-refractivity contribution is 9.10. The Kier molecular flexibility index (Phi) is 4.94. The van der Waals surface area contributed by atoms with Crippen LogP contribution in [0.2, 0.25) is 0 Å². The predicted octanol–water partition coefficient (Wildman–Crippen LogP) is 2.64. The van der Waals surface area contributed by atoms with E-state index in [1.807, 2.05) is 6.07 Å². The van der Waals surface area contributed by atoms with Crippen molar-refractivity contribution in [3.05, 3.63) is 22.2 Å². The van der Waals surface area contributed by atoms with Gasteiger partial charge in [-0.25, -0.2) is 0 Å². The summed E-state index contributed by atoms with van der Waals surface area (Å²) >= 11 is 3.61. The summed E-state index contributed by atoms with van der Waals surface area (Å²) in [7, 11) is 2.11. The smallest absolute Gasteiger partial charge is 0.162 e. The largest absolute Gasteiger partial charge is 0.486 e. The number of hydrogen-bond acceptors (Lipinski definition) is 4. The van der Waals surface area contributed by atoms with Crippen LogP contribution in [-0.4, -0.2) is 38.3 Å². The number of hydrogen-bond donors (Lipinski definition) is 1. The van der Waals surface area contributed by atoms with Crippen LogP contribution in [0.15, 0.2) is 16.6 Å². The lowest BCUT2D eigenvalue weighted by Crippen LogP contribution is -2.36. The molecule has 0 unspecified atom stereocenters. The molecule has 4 nitrogen and oxygen atoms in total. The van der Waals surface area contributed by atoms with Crippen molar-refractivity contribution in [1.29, 1.82) is 0 Å². The molecule has 0 aliphatic carbocycles. The van der Waals surface area contributed by atoms with E-state index in [-0.39, 0.29) is 5.41 Å². The van der Waals surface area contributed by atoms with Gasteiger partial charge in [0.05, 0.1) is 0 Å². The van der Waals surface area contributed by atoms with Crippen molar-refractivity contribution < 1.29 is 9.47 Å². The van der Waals surface area contributed by atoms with Crippen LogP contribution in [-0.2, 0) is 6.54 Å². The second-order valence-corrected chi connectivity index (χ2v) is 6.98. The molecule has 0 radical (unpaired) electrons. The number of halogens is 1. The van der Waals surface area contributed by atoms with Gasteiger partial charge in [-0.2, -0.15) is 0 Å². The Balaban J connectivity index is 2.09. The quantitative estimate of drug-likeness (QED) is 0.893. The average molecular weight is 343 g/mol. The van der Waals surface area contributed by atoms with Crippen LogP contribution < -0.4 is 15.2 Å². The van der Waals surface area contributed by atoms with Gasteiger partial charge in [0.15, 0.2) is 11.5 Å². The molecule has 0 atom stereocenters. The van der Waals surface area contributed by atoms with Crippen molar-refractivity contribution >= 4 is 15.9 Å². The second-order valence-electron chi connectivity index (χ2n) is 6.13. The highest BCUT2D eigenvalue weighted by Gasteiger charge is 2.20. The molecule has 0 spiro atoms. The first kappa shape index (κ1) is 15.6. The predicted molar refractivity (Wildman–Crippen MR) is 84.3 cm³/mol. The Morgan fingerprint density at radius 1 is 1.25 bits per heavy atom. The maximum absolute atomic E-state index is 5.80. The van der Waals surface area contributed by atoms with Gasteiger partial charge >= 0.3 is 0 Å². The number of benzene rings is 1. The van der Waals surface area contributed by atoms with E-state index in [0.29, 0.717) is 19.8 Å². The van der Waals surface area contributed by atoms with Crippen LogP contribution in [0.5, 0.6) is 11.5 Å². The van der Waals surface area contributed by atoms with Crippen molar-refractivity contribution in [3.63, 3.8) is 0 Å². The number of rotatable bonds is 5. The molecule has 0 fully saturated rings. The zero-order chi connectivity index (χ0) is 14.8. The van der Waals surface area contributed by atoms with Crippen molar-refractivity contribution in [3.8, 4) is 11.5 Å². The molecular weight excluding hydrogens is 320 g/mol. The van der Waals surface area contributed by atoms with E-state index in [2.05, 4.69) is 47.8 Å². The zero-order valence-corrected chi connectivity index (χ0v) is 14.0. The molecular formula is C15H23BrN2O2. The third-order valence-corrected chi connectivity index (χ3v) is 4.14. The fourth-order valence-corrected chi connectivity index (χ4v) is 2.82. The summed E-state index contributed by atoms with van der Waals surface area (Å²) in [6.45, 7) is 8.07. The van der Waals surface area contributed by atoms with Gasteiger partial charge in [-0.1, -0.05) is 29.8 Å². The zero-order valence-electron chi connectivity index (χ0n) is 12.4. The lowest BCUT2D eigenvalue weighted by Gasteiger charge is -2.29. The summed E-state index contributed by atoms with van der Waals surface area (Å²) in [5.41, 5.74) is 7.12. The van der Waals surface area contributed by atoms with Crippen LogP contribution in [0.25, 0.3) is 0 Å². The molecule has 0 saturated carbocycles. The molecule has 1 aliphatic rings. The van der Waals surface area contributed by atoms with Gasteiger partial charge in [-0.3, -0.25) is 0 Å². The van der Waals surface area contributed by atoms with Gasteiger partial charge in [-0.15, -0.1) is 0 Å². The molecule has 1 aliphatic heterocycles. The van der Waals surface area contributed by atoms with Gasteiger partial charge < -0.3 is 20.1 Å². The summed E-state index contributed by atoms with van der Waals surface area (Å²) in [4.78, 5) is 2.28. The van der Waals surface area contributed by atoms with Gasteiger partial charge in [0, 0.05) is 17.6 Å².